The predicted octanol–water partition coefficient (Wildman–Crippen LogP) is 6.13. The SMILES string of the molecule is CC(C)Nc1ccc(COC(=O)C(C)CCC(C)C(=O)OCc2ccc(OC(C)C)cc2)cc1. The minimum absolute atomic E-state index is 0.114. The average molecular weight is 470 g/mol. The van der Waals surface area contributed by atoms with E-state index in [2.05, 4.69) is 19.2 Å². The van der Waals surface area contributed by atoms with E-state index in [-0.39, 0.29) is 43.1 Å². The lowest BCUT2D eigenvalue weighted by Gasteiger charge is -2.15. The van der Waals surface area contributed by atoms with E-state index in [1.165, 1.54) is 0 Å². The summed E-state index contributed by atoms with van der Waals surface area (Å²) in [5.41, 5.74) is 2.88. The van der Waals surface area contributed by atoms with Crippen LogP contribution >= 0.6 is 0 Å². The number of hydrogen-bond acceptors (Lipinski definition) is 6. The first-order valence-corrected chi connectivity index (χ1v) is 12.1. The Morgan fingerprint density at radius 2 is 1.15 bits per heavy atom. The Morgan fingerprint density at radius 3 is 1.56 bits per heavy atom. The van der Waals surface area contributed by atoms with Crippen LogP contribution in [0.3, 0.4) is 0 Å². The maximum atomic E-state index is 12.4. The molecule has 6 nitrogen and oxygen atoms in total. The molecule has 2 unspecified atom stereocenters. The summed E-state index contributed by atoms with van der Waals surface area (Å²) in [6, 6.07) is 15.7. The van der Waals surface area contributed by atoms with Crippen LogP contribution in [0.15, 0.2) is 48.5 Å². The number of carbonyl (C=O) groups is 2. The normalized spacial score (nSPS) is 12.8. The molecule has 0 aromatic heterocycles. The lowest BCUT2D eigenvalue weighted by Crippen LogP contribution is -2.19. The molecule has 0 spiro atoms. The van der Waals surface area contributed by atoms with Crippen LogP contribution in [0.1, 0.15) is 65.5 Å². The van der Waals surface area contributed by atoms with E-state index in [1.807, 2.05) is 76.2 Å². The first kappa shape index (κ1) is 27.2. The molecule has 0 saturated carbocycles. The topological polar surface area (TPSA) is 73.9 Å². The van der Waals surface area contributed by atoms with Crippen molar-refractivity contribution in [3.63, 3.8) is 0 Å². The number of anilines is 1. The summed E-state index contributed by atoms with van der Waals surface area (Å²) in [6.07, 6.45) is 1.24. The fourth-order valence-electron chi connectivity index (χ4n) is 3.30. The van der Waals surface area contributed by atoms with Gasteiger partial charge in [0.05, 0.1) is 17.9 Å². The summed E-state index contributed by atoms with van der Waals surface area (Å²) in [5.74, 6) is -0.309. The van der Waals surface area contributed by atoms with E-state index < -0.39 is 0 Å². The molecular weight excluding hydrogens is 430 g/mol. The number of carbonyl (C=O) groups excluding carboxylic acids is 2. The summed E-state index contributed by atoms with van der Waals surface area (Å²) in [7, 11) is 0. The van der Waals surface area contributed by atoms with Crippen LogP contribution in [-0.2, 0) is 32.3 Å². The zero-order valence-corrected chi connectivity index (χ0v) is 21.3. The van der Waals surface area contributed by atoms with Crippen molar-refractivity contribution in [2.24, 2.45) is 11.8 Å². The lowest BCUT2D eigenvalue weighted by atomic mass is 9.98. The monoisotopic (exact) mass is 469 g/mol. The molecule has 0 amide bonds. The summed E-state index contributed by atoms with van der Waals surface area (Å²) in [4.78, 5) is 24.7. The molecule has 0 saturated heterocycles. The molecule has 0 heterocycles. The van der Waals surface area contributed by atoms with Gasteiger partial charge < -0.3 is 19.5 Å². The molecule has 2 aromatic rings. The second kappa shape index (κ2) is 13.6. The third-order valence-electron chi connectivity index (χ3n) is 5.30. The van der Waals surface area contributed by atoms with Crippen LogP contribution < -0.4 is 10.1 Å². The van der Waals surface area contributed by atoms with Gasteiger partial charge in [-0.25, -0.2) is 0 Å². The van der Waals surface area contributed by atoms with Gasteiger partial charge in [0.2, 0.25) is 0 Å². The van der Waals surface area contributed by atoms with Crippen LogP contribution in [0.2, 0.25) is 0 Å². The van der Waals surface area contributed by atoms with Crippen LogP contribution in [0.4, 0.5) is 5.69 Å². The van der Waals surface area contributed by atoms with Crippen LogP contribution in [0.25, 0.3) is 0 Å². The van der Waals surface area contributed by atoms with Gasteiger partial charge in [-0.3, -0.25) is 9.59 Å². The van der Waals surface area contributed by atoms with Crippen molar-refractivity contribution in [3.05, 3.63) is 59.7 Å². The van der Waals surface area contributed by atoms with Gasteiger partial charge in [0.15, 0.2) is 0 Å². The molecule has 0 fully saturated rings. The van der Waals surface area contributed by atoms with Gasteiger partial charge in [0.25, 0.3) is 0 Å². The molecule has 0 aliphatic rings. The summed E-state index contributed by atoms with van der Waals surface area (Å²) in [5, 5.41) is 3.33. The molecule has 1 N–H and O–H groups in total. The van der Waals surface area contributed by atoms with Crippen molar-refractivity contribution < 1.29 is 23.8 Å². The summed E-state index contributed by atoms with van der Waals surface area (Å²) in [6.45, 7) is 12.2. The molecule has 0 radical (unpaired) electrons. The highest BCUT2D eigenvalue weighted by molar-refractivity contribution is 5.73. The molecule has 0 bridgehead atoms. The van der Waals surface area contributed by atoms with E-state index in [1.54, 1.807) is 0 Å². The molecule has 2 atom stereocenters. The highest BCUT2D eigenvalue weighted by atomic mass is 16.5. The Labute approximate surface area is 204 Å². The maximum Gasteiger partial charge on any atom is 0.308 e. The standard InChI is InChI=1S/C28H39NO5/c1-19(2)29-25-13-9-23(10-14-25)17-32-27(30)21(5)7-8-22(6)28(31)33-18-24-11-15-26(16-12-24)34-20(3)4/h9-16,19-22,29H,7-8,17-18H2,1-6H3. The molecule has 0 aliphatic heterocycles. The Hall–Kier alpha value is -3.02. The zero-order valence-electron chi connectivity index (χ0n) is 21.3. The van der Waals surface area contributed by atoms with Crippen molar-refractivity contribution >= 4 is 17.6 Å². The van der Waals surface area contributed by atoms with Gasteiger partial charge in [0, 0.05) is 11.7 Å². The van der Waals surface area contributed by atoms with Crippen molar-refractivity contribution in [2.75, 3.05) is 5.32 Å². The quantitative estimate of drug-likeness (QED) is 0.356. The Morgan fingerprint density at radius 1 is 0.706 bits per heavy atom. The Balaban J connectivity index is 1.69. The number of esters is 2. The second-order valence-electron chi connectivity index (χ2n) is 9.40. The van der Waals surface area contributed by atoms with Crippen LogP contribution in [0, 0.1) is 11.8 Å². The first-order valence-electron chi connectivity index (χ1n) is 12.1. The van der Waals surface area contributed by atoms with E-state index in [4.69, 9.17) is 14.2 Å². The van der Waals surface area contributed by atoms with Crippen LogP contribution in [0.5, 0.6) is 5.75 Å². The number of hydrogen-bond donors (Lipinski definition) is 1. The van der Waals surface area contributed by atoms with Gasteiger partial charge in [-0.15, -0.1) is 0 Å². The van der Waals surface area contributed by atoms with E-state index >= 15 is 0 Å². The largest absolute Gasteiger partial charge is 0.491 e. The van der Waals surface area contributed by atoms with Crippen molar-refractivity contribution in [2.45, 2.75) is 79.7 Å². The Bertz CT molecular complexity index is 815. The van der Waals surface area contributed by atoms with E-state index in [0.717, 1.165) is 22.6 Å². The van der Waals surface area contributed by atoms with Gasteiger partial charge in [-0.1, -0.05) is 38.1 Å². The number of ether oxygens (including phenoxy) is 3. The second-order valence-corrected chi connectivity index (χ2v) is 9.40. The zero-order chi connectivity index (χ0) is 25.1. The molecule has 2 rings (SSSR count). The van der Waals surface area contributed by atoms with Crippen molar-refractivity contribution in [1.29, 1.82) is 0 Å². The molecule has 6 heteroatoms. The third-order valence-corrected chi connectivity index (χ3v) is 5.30. The smallest absolute Gasteiger partial charge is 0.308 e. The van der Waals surface area contributed by atoms with E-state index in [9.17, 15) is 9.59 Å². The number of rotatable bonds is 13. The molecule has 2 aromatic carbocycles. The minimum atomic E-state index is -0.292. The minimum Gasteiger partial charge on any atom is -0.491 e. The summed E-state index contributed by atoms with van der Waals surface area (Å²) >= 11 is 0. The molecular formula is C28H39NO5. The van der Waals surface area contributed by atoms with Gasteiger partial charge in [-0.2, -0.15) is 0 Å². The van der Waals surface area contributed by atoms with Gasteiger partial charge >= 0.3 is 11.9 Å². The number of benzene rings is 2. The Kier molecular flexibility index (Phi) is 10.9. The fraction of sp³-hybridized carbons (Fsp3) is 0.500. The fourth-order valence-corrected chi connectivity index (χ4v) is 3.30. The highest BCUT2D eigenvalue weighted by Crippen LogP contribution is 2.18. The van der Waals surface area contributed by atoms with Crippen molar-refractivity contribution in [3.8, 4) is 5.75 Å². The molecule has 0 aliphatic carbocycles. The third kappa shape index (κ3) is 9.86. The van der Waals surface area contributed by atoms with Gasteiger partial charge in [-0.05, 0) is 75.9 Å². The van der Waals surface area contributed by atoms with E-state index in [0.29, 0.717) is 18.9 Å². The van der Waals surface area contributed by atoms with Crippen LogP contribution in [-0.4, -0.2) is 24.1 Å². The number of nitrogens with one attached hydrogen (secondary N) is 1. The lowest BCUT2D eigenvalue weighted by molar-refractivity contribution is -0.152. The molecule has 186 valence electrons. The average Bonchev–Trinajstić information content (AvgIpc) is 2.80. The van der Waals surface area contributed by atoms with Crippen molar-refractivity contribution in [1.82, 2.24) is 0 Å². The maximum absolute atomic E-state index is 12.4. The predicted molar refractivity (Wildman–Crippen MR) is 135 cm³/mol. The van der Waals surface area contributed by atoms with Gasteiger partial charge in [0.1, 0.15) is 19.0 Å². The first-order chi connectivity index (χ1) is 16.1. The highest BCUT2D eigenvalue weighted by Gasteiger charge is 2.20. The summed E-state index contributed by atoms with van der Waals surface area (Å²) < 4.78 is 16.5. The molecule has 34 heavy (non-hydrogen) atoms.